The summed E-state index contributed by atoms with van der Waals surface area (Å²) in [6.45, 7) is 0. The van der Waals surface area contributed by atoms with Gasteiger partial charge < -0.3 is 4.57 Å². The molecule has 0 amide bonds. The standard InChI is InChI=1S/C11H5Cl2F3N2O2/c12-7-2-1-6(5-8(7)13)17-4-3-9(18(19)20)10(17)11(14,15)16/h1-5H. The Morgan fingerprint density at radius 2 is 1.80 bits per heavy atom. The Labute approximate surface area is 120 Å². The number of rotatable bonds is 2. The van der Waals surface area contributed by atoms with E-state index in [0.29, 0.717) is 4.57 Å². The maximum atomic E-state index is 13.0. The number of benzene rings is 1. The van der Waals surface area contributed by atoms with E-state index in [2.05, 4.69) is 0 Å². The summed E-state index contributed by atoms with van der Waals surface area (Å²) in [4.78, 5) is 9.59. The van der Waals surface area contributed by atoms with Crippen molar-refractivity contribution in [1.29, 1.82) is 0 Å². The second-order valence-electron chi connectivity index (χ2n) is 3.77. The summed E-state index contributed by atoms with van der Waals surface area (Å²) in [6, 6.07) is 4.58. The molecular formula is C11H5Cl2F3N2O2. The largest absolute Gasteiger partial charge is 0.438 e. The fraction of sp³-hybridized carbons (Fsp3) is 0.0909. The van der Waals surface area contributed by atoms with E-state index < -0.39 is 22.5 Å². The number of nitro groups is 1. The zero-order chi connectivity index (χ0) is 15.1. The predicted molar refractivity (Wildman–Crippen MR) is 67.4 cm³/mol. The van der Waals surface area contributed by atoms with Crippen LogP contribution < -0.4 is 0 Å². The fourth-order valence-corrected chi connectivity index (χ4v) is 1.99. The van der Waals surface area contributed by atoms with Gasteiger partial charge in [-0.2, -0.15) is 13.2 Å². The minimum absolute atomic E-state index is 0.0276. The van der Waals surface area contributed by atoms with E-state index in [1.807, 2.05) is 0 Å². The van der Waals surface area contributed by atoms with Crippen molar-refractivity contribution in [2.75, 3.05) is 0 Å². The van der Waals surface area contributed by atoms with Crippen LogP contribution in [0.25, 0.3) is 5.69 Å². The zero-order valence-electron chi connectivity index (χ0n) is 9.49. The van der Waals surface area contributed by atoms with Crippen molar-refractivity contribution >= 4 is 28.9 Å². The van der Waals surface area contributed by atoms with Gasteiger partial charge in [-0.05, 0) is 18.2 Å². The van der Waals surface area contributed by atoms with Crippen LogP contribution in [0.2, 0.25) is 10.0 Å². The SMILES string of the molecule is O=[N+]([O-])c1ccn(-c2ccc(Cl)c(Cl)c2)c1C(F)(F)F. The molecule has 2 rings (SSSR count). The first-order valence-corrected chi connectivity index (χ1v) is 5.86. The van der Waals surface area contributed by atoms with Gasteiger partial charge in [-0.25, -0.2) is 0 Å². The Balaban J connectivity index is 2.68. The quantitative estimate of drug-likeness (QED) is 0.593. The summed E-state index contributed by atoms with van der Waals surface area (Å²) >= 11 is 11.4. The molecule has 0 fully saturated rings. The number of hydrogen-bond donors (Lipinski definition) is 0. The molecule has 1 aromatic carbocycles. The van der Waals surface area contributed by atoms with Crippen LogP contribution in [-0.2, 0) is 6.18 Å². The van der Waals surface area contributed by atoms with Gasteiger partial charge in [-0.15, -0.1) is 0 Å². The van der Waals surface area contributed by atoms with E-state index in [0.717, 1.165) is 12.3 Å². The van der Waals surface area contributed by atoms with E-state index in [4.69, 9.17) is 23.2 Å². The number of hydrogen-bond acceptors (Lipinski definition) is 2. The summed E-state index contributed by atoms with van der Waals surface area (Å²) in [6.07, 6.45) is -3.92. The second kappa shape index (κ2) is 4.99. The Morgan fingerprint density at radius 1 is 1.15 bits per heavy atom. The van der Waals surface area contributed by atoms with Crippen molar-refractivity contribution in [1.82, 2.24) is 4.57 Å². The van der Waals surface area contributed by atoms with Crippen molar-refractivity contribution in [3.05, 3.63) is 56.3 Å². The lowest BCUT2D eigenvalue weighted by atomic mass is 10.3. The lowest BCUT2D eigenvalue weighted by Crippen LogP contribution is -2.14. The van der Waals surface area contributed by atoms with E-state index in [1.54, 1.807) is 0 Å². The van der Waals surface area contributed by atoms with E-state index in [1.165, 1.54) is 18.2 Å². The van der Waals surface area contributed by atoms with Crippen LogP contribution >= 0.6 is 23.2 Å². The molecule has 0 aliphatic heterocycles. The summed E-state index contributed by atoms with van der Waals surface area (Å²) in [7, 11) is 0. The van der Waals surface area contributed by atoms with Gasteiger partial charge in [-0.1, -0.05) is 23.2 Å². The van der Waals surface area contributed by atoms with Crippen molar-refractivity contribution in [3.63, 3.8) is 0 Å². The zero-order valence-corrected chi connectivity index (χ0v) is 11.0. The first-order chi connectivity index (χ1) is 9.21. The average molecular weight is 325 g/mol. The van der Waals surface area contributed by atoms with Gasteiger partial charge in [0.1, 0.15) is 0 Å². The molecule has 0 unspecified atom stereocenters. The molecule has 0 radical (unpaired) electrons. The van der Waals surface area contributed by atoms with Gasteiger partial charge in [0.25, 0.3) is 5.69 Å². The molecule has 0 atom stereocenters. The third-order valence-electron chi connectivity index (χ3n) is 2.51. The molecule has 2 aromatic rings. The number of nitrogens with zero attached hydrogens (tertiary/aromatic N) is 2. The van der Waals surface area contributed by atoms with Gasteiger partial charge >= 0.3 is 6.18 Å². The van der Waals surface area contributed by atoms with Gasteiger partial charge in [0.15, 0.2) is 0 Å². The number of alkyl halides is 3. The van der Waals surface area contributed by atoms with E-state index in [-0.39, 0.29) is 15.7 Å². The maximum Gasteiger partial charge on any atom is 0.438 e. The minimum atomic E-state index is -4.88. The molecule has 9 heteroatoms. The van der Waals surface area contributed by atoms with Gasteiger partial charge in [0.05, 0.1) is 15.0 Å². The fourth-order valence-electron chi connectivity index (χ4n) is 1.70. The third kappa shape index (κ3) is 2.59. The van der Waals surface area contributed by atoms with Crippen molar-refractivity contribution in [2.45, 2.75) is 6.18 Å². The smallest absolute Gasteiger partial charge is 0.307 e. The van der Waals surface area contributed by atoms with Crippen LogP contribution in [0.4, 0.5) is 18.9 Å². The number of aromatic nitrogens is 1. The molecule has 0 N–H and O–H groups in total. The van der Waals surface area contributed by atoms with Crippen LogP contribution in [0, 0.1) is 10.1 Å². The van der Waals surface area contributed by atoms with Crippen LogP contribution in [0.3, 0.4) is 0 Å². The highest BCUT2D eigenvalue weighted by molar-refractivity contribution is 6.42. The van der Waals surface area contributed by atoms with Gasteiger partial charge in [0, 0.05) is 18.0 Å². The minimum Gasteiger partial charge on any atom is -0.307 e. The van der Waals surface area contributed by atoms with Crippen LogP contribution in [0.5, 0.6) is 0 Å². The predicted octanol–water partition coefficient (Wildman–Crippen LogP) is 4.71. The van der Waals surface area contributed by atoms with Gasteiger partial charge in [-0.3, -0.25) is 10.1 Å². The lowest BCUT2D eigenvalue weighted by Gasteiger charge is -2.12. The van der Waals surface area contributed by atoms with Crippen LogP contribution in [-0.4, -0.2) is 9.49 Å². The average Bonchev–Trinajstić information content (AvgIpc) is 2.77. The Morgan fingerprint density at radius 3 is 2.30 bits per heavy atom. The Kier molecular flexibility index (Phi) is 3.66. The Bertz CT molecular complexity index is 683. The van der Waals surface area contributed by atoms with Crippen LogP contribution in [0.15, 0.2) is 30.5 Å². The molecule has 1 aromatic heterocycles. The maximum absolute atomic E-state index is 13.0. The number of halogens is 5. The normalized spacial score (nSPS) is 11.7. The summed E-state index contributed by atoms with van der Waals surface area (Å²) in [5.74, 6) is 0. The molecular weight excluding hydrogens is 320 g/mol. The topological polar surface area (TPSA) is 48.1 Å². The summed E-state index contributed by atoms with van der Waals surface area (Å²) < 4.78 is 39.6. The lowest BCUT2D eigenvalue weighted by molar-refractivity contribution is -0.388. The first-order valence-electron chi connectivity index (χ1n) is 5.10. The first kappa shape index (κ1) is 14.7. The summed E-state index contributed by atoms with van der Waals surface area (Å²) in [5, 5.41) is 10.9. The Hall–Kier alpha value is -1.73. The van der Waals surface area contributed by atoms with Crippen molar-refractivity contribution in [3.8, 4) is 5.69 Å². The highest BCUT2D eigenvalue weighted by Crippen LogP contribution is 2.39. The molecule has 1 heterocycles. The molecule has 0 bridgehead atoms. The summed E-state index contributed by atoms with van der Waals surface area (Å²) in [5.41, 5.74) is -2.37. The molecule has 0 spiro atoms. The molecule has 20 heavy (non-hydrogen) atoms. The van der Waals surface area contributed by atoms with Crippen LogP contribution in [0.1, 0.15) is 5.69 Å². The molecule has 106 valence electrons. The molecule has 0 aliphatic carbocycles. The van der Waals surface area contributed by atoms with Crippen molar-refractivity contribution in [2.24, 2.45) is 0 Å². The van der Waals surface area contributed by atoms with E-state index in [9.17, 15) is 23.3 Å². The highest BCUT2D eigenvalue weighted by atomic mass is 35.5. The second-order valence-corrected chi connectivity index (χ2v) is 4.59. The molecule has 0 saturated carbocycles. The highest BCUT2D eigenvalue weighted by Gasteiger charge is 2.42. The van der Waals surface area contributed by atoms with Gasteiger partial charge in [0.2, 0.25) is 5.69 Å². The molecule has 4 nitrogen and oxygen atoms in total. The van der Waals surface area contributed by atoms with Crippen molar-refractivity contribution < 1.29 is 18.1 Å². The monoisotopic (exact) mass is 324 g/mol. The third-order valence-corrected chi connectivity index (χ3v) is 3.25. The molecule has 0 saturated heterocycles. The van der Waals surface area contributed by atoms with E-state index >= 15 is 0 Å². The molecule has 0 aliphatic rings.